The van der Waals surface area contributed by atoms with Crippen LogP contribution in [-0.2, 0) is 19.1 Å². The number of nitrogens with zero attached hydrogens (tertiary/aromatic N) is 2. The number of amides is 1. The van der Waals surface area contributed by atoms with E-state index < -0.39 is 18.0 Å². The maximum atomic E-state index is 13.6. The number of carboxylic acid groups (broad SMARTS) is 1. The molecule has 2 aliphatic heterocycles. The summed E-state index contributed by atoms with van der Waals surface area (Å²) < 4.78 is 61.7. The molecule has 1 N–H and O–H groups in total. The molecule has 12 heteroatoms. The summed E-state index contributed by atoms with van der Waals surface area (Å²) in [6, 6.07) is 2.85. The van der Waals surface area contributed by atoms with E-state index in [1.807, 2.05) is 0 Å². The number of hydrogen-bond acceptors (Lipinski definition) is 6. The van der Waals surface area contributed by atoms with Gasteiger partial charge in [-0.15, -0.1) is 0 Å². The number of carbonyl (C=O) groups is 2. The summed E-state index contributed by atoms with van der Waals surface area (Å²) in [4.78, 5) is 26.2. The molecule has 0 aromatic carbocycles. The molecule has 2 aliphatic rings. The molecular formula is C17H20F4N2O6. The van der Waals surface area contributed by atoms with Crippen molar-refractivity contribution >= 4 is 11.9 Å². The minimum atomic E-state index is -5.08. The van der Waals surface area contributed by atoms with Gasteiger partial charge in [0.15, 0.2) is 5.82 Å². The third kappa shape index (κ3) is 6.26. The fraction of sp³-hybridized carbons (Fsp3) is 0.588. The van der Waals surface area contributed by atoms with Crippen molar-refractivity contribution in [2.45, 2.75) is 30.7 Å². The van der Waals surface area contributed by atoms with Crippen LogP contribution in [0.4, 0.5) is 17.6 Å². The van der Waals surface area contributed by atoms with E-state index in [0.717, 1.165) is 0 Å². The van der Waals surface area contributed by atoms with Gasteiger partial charge in [0.1, 0.15) is 18.3 Å². The normalized spacial score (nSPS) is 20.3. The molecule has 0 saturated carbocycles. The molecule has 1 amide bonds. The zero-order valence-corrected chi connectivity index (χ0v) is 15.4. The Morgan fingerprint density at radius 2 is 2.07 bits per heavy atom. The van der Waals surface area contributed by atoms with Gasteiger partial charge < -0.3 is 24.2 Å². The van der Waals surface area contributed by atoms with E-state index in [-0.39, 0.29) is 30.1 Å². The molecule has 29 heavy (non-hydrogen) atoms. The Bertz CT molecular complexity index is 724. The van der Waals surface area contributed by atoms with Crippen LogP contribution in [0.15, 0.2) is 18.3 Å². The number of carbonyl (C=O) groups excluding carboxylic acids is 1. The highest BCUT2D eigenvalue weighted by Gasteiger charge is 2.49. The maximum Gasteiger partial charge on any atom is 0.490 e. The number of alkyl halides is 3. The Balaban J connectivity index is 0.000000370. The van der Waals surface area contributed by atoms with Crippen molar-refractivity contribution in [3.63, 3.8) is 0 Å². The largest absolute Gasteiger partial charge is 0.490 e. The first-order valence-corrected chi connectivity index (χ1v) is 8.54. The molecule has 1 spiro atoms. The average Bonchev–Trinajstić information content (AvgIpc) is 2.62. The molecule has 8 nitrogen and oxygen atoms in total. The van der Waals surface area contributed by atoms with E-state index in [2.05, 4.69) is 4.98 Å². The lowest BCUT2D eigenvalue weighted by Gasteiger charge is -2.52. The number of rotatable bonds is 4. The molecule has 0 aliphatic carbocycles. The summed E-state index contributed by atoms with van der Waals surface area (Å²) in [5.74, 6) is -3.24. The molecule has 0 radical (unpaired) electrons. The van der Waals surface area contributed by atoms with Gasteiger partial charge in [0.25, 0.3) is 5.88 Å². The second-order valence-corrected chi connectivity index (χ2v) is 6.54. The minimum absolute atomic E-state index is 0.0242. The number of pyridine rings is 1. The van der Waals surface area contributed by atoms with E-state index >= 15 is 0 Å². The quantitative estimate of drug-likeness (QED) is 0.734. The van der Waals surface area contributed by atoms with Crippen LogP contribution < -0.4 is 4.74 Å². The van der Waals surface area contributed by atoms with Gasteiger partial charge in [-0.3, -0.25) is 4.79 Å². The average molecular weight is 424 g/mol. The van der Waals surface area contributed by atoms with Gasteiger partial charge >= 0.3 is 12.1 Å². The summed E-state index contributed by atoms with van der Waals surface area (Å²) >= 11 is 0. The van der Waals surface area contributed by atoms with Crippen LogP contribution in [0, 0.1) is 5.82 Å². The van der Waals surface area contributed by atoms with Gasteiger partial charge in [-0.05, 0) is 12.1 Å². The highest BCUT2D eigenvalue weighted by Crippen LogP contribution is 2.35. The summed E-state index contributed by atoms with van der Waals surface area (Å²) in [6.45, 7) is 1.67. The Morgan fingerprint density at radius 3 is 2.62 bits per heavy atom. The number of aromatic nitrogens is 1. The zero-order chi connectivity index (χ0) is 21.7. The summed E-state index contributed by atoms with van der Waals surface area (Å²) in [5.41, 5.74) is -0.377. The van der Waals surface area contributed by atoms with Crippen molar-refractivity contribution in [1.29, 1.82) is 0 Å². The molecule has 2 saturated heterocycles. The number of methoxy groups -OCH3 is 1. The number of aliphatic carboxylic acids is 1. The lowest BCUT2D eigenvalue weighted by atomic mass is 9.84. The topological polar surface area (TPSA) is 98.2 Å². The Kier molecular flexibility index (Phi) is 7.36. The molecule has 162 valence electrons. The molecule has 0 bridgehead atoms. The van der Waals surface area contributed by atoms with Gasteiger partial charge in [-0.1, -0.05) is 0 Å². The van der Waals surface area contributed by atoms with Gasteiger partial charge in [-0.25, -0.2) is 14.2 Å². The standard InChI is InChI=1S/C15H19FN2O4.C2HF3O2/c1-20-8-13(19)18-9-15(10-18)7-11(4-6-21-15)22-14-12(16)3-2-5-17-14;3-2(4,5)1(6)7/h2-3,5,11H,4,6-10H2,1H3;(H,6,7). The van der Waals surface area contributed by atoms with Gasteiger partial charge in [0, 0.05) is 26.1 Å². The predicted molar refractivity (Wildman–Crippen MR) is 88.7 cm³/mol. The molecule has 1 atom stereocenters. The zero-order valence-electron chi connectivity index (χ0n) is 15.4. The van der Waals surface area contributed by atoms with Gasteiger partial charge in [0.05, 0.1) is 19.7 Å². The first-order valence-electron chi connectivity index (χ1n) is 8.54. The summed E-state index contributed by atoms with van der Waals surface area (Å²) in [6.07, 6.45) is -2.43. The van der Waals surface area contributed by atoms with Crippen molar-refractivity contribution in [3.8, 4) is 5.88 Å². The lowest BCUT2D eigenvalue weighted by molar-refractivity contribution is -0.195. The monoisotopic (exact) mass is 424 g/mol. The van der Waals surface area contributed by atoms with Crippen LogP contribution in [0.25, 0.3) is 0 Å². The number of likely N-dealkylation sites (tertiary alicyclic amines) is 1. The second kappa shape index (κ2) is 9.35. The molecular weight excluding hydrogens is 404 g/mol. The van der Waals surface area contributed by atoms with Crippen molar-refractivity contribution in [2.75, 3.05) is 33.4 Å². The second-order valence-electron chi connectivity index (χ2n) is 6.54. The highest BCUT2D eigenvalue weighted by molar-refractivity contribution is 5.78. The van der Waals surface area contributed by atoms with Crippen LogP contribution in [-0.4, -0.2) is 78.2 Å². The SMILES string of the molecule is COCC(=O)N1CC2(CC(Oc3ncccc3F)CCO2)C1.O=C(O)C(F)(F)F. The minimum Gasteiger partial charge on any atom is -0.475 e. The van der Waals surface area contributed by atoms with Crippen LogP contribution in [0.3, 0.4) is 0 Å². The van der Waals surface area contributed by atoms with Gasteiger partial charge in [0.2, 0.25) is 5.91 Å². The molecule has 3 heterocycles. The van der Waals surface area contributed by atoms with Crippen LogP contribution >= 0.6 is 0 Å². The molecule has 1 aromatic rings. The Hall–Kier alpha value is -2.47. The predicted octanol–water partition coefficient (Wildman–Crippen LogP) is 1.64. The van der Waals surface area contributed by atoms with E-state index in [1.54, 1.807) is 4.90 Å². The molecule has 1 unspecified atom stereocenters. The van der Waals surface area contributed by atoms with Crippen LogP contribution in [0.2, 0.25) is 0 Å². The van der Waals surface area contributed by atoms with Crippen molar-refractivity contribution in [2.24, 2.45) is 0 Å². The Labute approximate surface area is 163 Å². The maximum absolute atomic E-state index is 13.6. The first kappa shape index (κ1) is 22.8. The third-order valence-corrected chi connectivity index (χ3v) is 4.27. The third-order valence-electron chi connectivity index (χ3n) is 4.27. The van der Waals surface area contributed by atoms with Crippen LogP contribution in [0.5, 0.6) is 5.88 Å². The molecule has 3 rings (SSSR count). The highest BCUT2D eigenvalue weighted by atomic mass is 19.4. The fourth-order valence-corrected chi connectivity index (χ4v) is 2.96. The number of ether oxygens (including phenoxy) is 3. The van der Waals surface area contributed by atoms with E-state index in [9.17, 15) is 22.4 Å². The van der Waals surface area contributed by atoms with E-state index in [4.69, 9.17) is 24.1 Å². The fourth-order valence-electron chi connectivity index (χ4n) is 2.96. The van der Waals surface area contributed by atoms with E-state index in [0.29, 0.717) is 32.5 Å². The smallest absolute Gasteiger partial charge is 0.475 e. The summed E-state index contributed by atoms with van der Waals surface area (Å²) in [5, 5.41) is 7.12. The number of halogens is 4. The van der Waals surface area contributed by atoms with E-state index in [1.165, 1.54) is 25.4 Å². The molecule has 2 fully saturated rings. The Morgan fingerprint density at radius 1 is 1.41 bits per heavy atom. The first-order chi connectivity index (χ1) is 13.6. The summed E-state index contributed by atoms with van der Waals surface area (Å²) in [7, 11) is 1.50. The number of carboxylic acids is 1. The van der Waals surface area contributed by atoms with Crippen molar-refractivity contribution in [1.82, 2.24) is 9.88 Å². The molecule has 1 aromatic heterocycles. The lowest BCUT2D eigenvalue weighted by Crippen LogP contribution is -2.68. The van der Waals surface area contributed by atoms with Crippen LogP contribution in [0.1, 0.15) is 12.8 Å². The number of hydrogen-bond donors (Lipinski definition) is 1. The van der Waals surface area contributed by atoms with Gasteiger partial charge in [-0.2, -0.15) is 13.2 Å². The van der Waals surface area contributed by atoms with Crippen molar-refractivity contribution < 1.29 is 46.5 Å². The van der Waals surface area contributed by atoms with Crippen molar-refractivity contribution in [3.05, 3.63) is 24.1 Å².